The maximum atomic E-state index is 12.4. The molecule has 0 fully saturated rings. The van der Waals surface area contributed by atoms with Crippen LogP contribution in [0.25, 0.3) is 0 Å². The zero-order chi connectivity index (χ0) is 15.3. The zero-order valence-electron chi connectivity index (χ0n) is 11.4. The lowest BCUT2D eigenvalue weighted by molar-refractivity contribution is 0.0707. The van der Waals surface area contributed by atoms with Crippen LogP contribution in [0.3, 0.4) is 0 Å². The SMILES string of the molecule is CC(C)N(CC/C(N)=N/O)C(=O)c1cccc(O)c1O. The summed E-state index contributed by atoms with van der Waals surface area (Å²) in [6.45, 7) is 3.86. The van der Waals surface area contributed by atoms with Crippen molar-refractivity contribution in [3.05, 3.63) is 23.8 Å². The van der Waals surface area contributed by atoms with E-state index in [4.69, 9.17) is 10.9 Å². The molecule has 1 aromatic rings. The molecule has 1 amide bonds. The Morgan fingerprint density at radius 1 is 1.40 bits per heavy atom. The number of nitrogens with zero attached hydrogens (tertiary/aromatic N) is 2. The lowest BCUT2D eigenvalue weighted by Gasteiger charge is -2.27. The molecule has 0 aromatic heterocycles. The first-order chi connectivity index (χ1) is 9.38. The van der Waals surface area contributed by atoms with Crippen molar-refractivity contribution in [3.8, 4) is 11.5 Å². The molecule has 0 aliphatic rings. The number of amidine groups is 1. The second kappa shape index (κ2) is 6.65. The van der Waals surface area contributed by atoms with Crippen LogP contribution in [-0.4, -0.2) is 44.6 Å². The van der Waals surface area contributed by atoms with Gasteiger partial charge >= 0.3 is 0 Å². The van der Waals surface area contributed by atoms with Gasteiger partial charge in [-0.1, -0.05) is 11.2 Å². The van der Waals surface area contributed by atoms with Crippen molar-refractivity contribution in [2.45, 2.75) is 26.3 Å². The minimum absolute atomic E-state index is 0.0122. The number of phenols is 2. The van der Waals surface area contributed by atoms with Gasteiger partial charge in [-0.2, -0.15) is 0 Å². The number of carbonyl (C=O) groups excluding carboxylic acids is 1. The van der Waals surface area contributed by atoms with Crippen molar-refractivity contribution in [1.29, 1.82) is 0 Å². The lowest BCUT2D eigenvalue weighted by Crippen LogP contribution is -2.39. The Morgan fingerprint density at radius 2 is 2.05 bits per heavy atom. The average molecular weight is 281 g/mol. The predicted octanol–water partition coefficient (Wildman–Crippen LogP) is 1.08. The Hall–Kier alpha value is -2.44. The van der Waals surface area contributed by atoms with E-state index in [1.807, 2.05) is 13.8 Å². The maximum absolute atomic E-state index is 12.4. The van der Waals surface area contributed by atoms with Crippen molar-refractivity contribution < 1.29 is 20.2 Å². The molecule has 0 radical (unpaired) electrons. The number of aromatic hydroxyl groups is 2. The molecular formula is C13H19N3O4. The van der Waals surface area contributed by atoms with Crippen molar-refractivity contribution in [3.63, 3.8) is 0 Å². The van der Waals surface area contributed by atoms with Gasteiger partial charge in [0.05, 0.1) is 5.56 Å². The highest BCUT2D eigenvalue weighted by Crippen LogP contribution is 2.29. The quantitative estimate of drug-likeness (QED) is 0.212. The summed E-state index contributed by atoms with van der Waals surface area (Å²) in [4.78, 5) is 13.8. The summed E-state index contributed by atoms with van der Waals surface area (Å²) < 4.78 is 0. The molecule has 0 atom stereocenters. The van der Waals surface area contributed by atoms with Gasteiger partial charge in [-0.15, -0.1) is 0 Å². The molecule has 110 valence electrons. The van der Waals surface area contributed by atoms with Crippen LogP contribution in [0.1, 0.15) is 30.6 Å². The van der Waals surface area contributed by atoms with E-state index in [1.54, 1.807) is 0 Å². The van der Waals surface area contributed by atoms with E-state index in [0.717, 1.165) is 0 Å². The first kappa shape index (κ1) is 15.6. The minimum atomic E-state index is -0.452. The van der Waals surface area contributed by atoms with E-state index in [2.05, 4.69) is 5.16 Å². The molecular weight excluding hydrogens is 262 g/mol. The predicted molar refractivity (Wildman–Crippen MR) is 74.0 cm³/mol. The van der Waals surface area contributed by atoms with Gasteiger partial charge in [0.25, 0.3) is 5.91 Å². The Balaban J connectivity index is 2.97. The molecule has 1 rings (SSSR count). The number of phenolic OH excluding ortho intramolecular Hbond substituents is 2. The van der Waals surface area contributed by atoms with Gasteiger partial charge in [0.2, 0.25) is 0 Å². The van der Waals surface area contributed by atoms with E-state index >= 15 is 0 Å². The van der Waals surface area contributed by atoms with Crippen LogP contribution in [0.15, 0.2) is 23.4 Å². The molecule has 20 heavy (non-hydrogen) atoms. The molecule has 0 saturated heterocycles. The van der Waals surface area contributed by atoms with Gasteiger partial charge in [0.1, 0.15) is 5.84 Å². The normalized spacial score (nSPS) is 11.7. The van der Waals surface area contributed by atoms with Crippen LogP contribution < -0.4 is 5.73 Å². The van der Waals surface area contributed by atoms with Crippen LogP contribution in [-0.2, 0) is 0 Å². The minimum Gasteiger partial charge on any atom is -0.504 e. The number of para-hydroxylation sites is 1. The first-order valence-corrected chi connectivity index (χ1v) is 6.16. The van der Waals surface area contributed by atoms with Gasteiger partial charge in [-0.3, -0.25) is 4.79 Å². The average Bonchev–Trinajstić information content (AvgIpc) is 2.41. The molecule has 5 N–H and O–H groups in total. The second-order valence-electron chi connectivity index (χ2n) is 4.61. The number of rotatable bonds is 5. The lowest BCUT2D eigenvalue weighted by atomic mass is 10.1. The van der Waals surface area contributed by atoms with Gasteiger partial charge < -0.3 is 26.1 Å². The summed E-state index contributed by atoms with van der Waals surface area (Å²) in [6.07, 6.45) is 0.208. The highest BCUT2D eigenvalue weighted by molar-refractivity contribution is 5.98. The summed E-state index contributed by atoms with van der Waals surface area (Å²) in [5.41, 5.74) is 5.40. The van der Waals surface area contributed by atoms with Crippen molar-refractivity contribution in [1.82, 2.24) is 4.90 Å². The van der Waals surface area contributed by atoms with Gasteiger partial charge in [0.15, 0.2) is 11.5 Å². The molecule has 7 heteroatoms. The summed E-state index contributed by atoms with van der Waals surface area (Å²) in [6, 6.07) is 4.05. The van der Waals surface area contributed by atoms with E-state index in [1.165, 1.54) is 23.1 Å². The number of hydrogen-bond acceptors (Lipinski definition) is 5. The third-order valence-corrected chi connectivity index (χ3v) is 2.87. The zero-order valence-corrected chi connectivity index (χ0v) is 11.4. The highest BCUT2D eigenvalue weighted by atomic mass is 16.4. The van der Waals surface area contributed by atoms with E-state index < -0.39 is 11.7 Å². The molecule has 0 spiro atoms. The first-order valence-electron chi connectivity index (χ1n) is 6.16. The molecule has 0 heterocycles. The number of hydrogen-bond donors (Lipinski definition) is 4. The molecule has 0 saturated carbocycles. The highest BCUT2D eigenvalue weighted by Gasteiger charge is 2.22. The van der Waals surface area contributed by atoms with E-state index in [-0.39, 0.29) is 36.2 Å². The fourth-order valence-electron chi connectivity index (χ4n) is 1.74. The van der Waals surface area contributed by atoms with Crippen LogP contribution in [0.2, 0.25) is 0 Å². The monoisotopic (exact) mass is 281 g/mol. The maximum Gasteiger partial charge on any atom is 0.257 e. The molecule has 0 aliphatic heterocycles. The third kappa shape index (κ3) is 3.53. The summed E-state index contributed by atoms with van der Waals surface area (Å²) in [5.74, 6) is -1.22. The van der Waals surface area contributed by atoms with E-state index in [0.29, 0.717) is 0 Å². The van der Waals surface area contributed by atoms with Gasteiger partial charge in [-0.25, -0.2) is 0 Å². The van der Waals surface area contributed by atoms with Crippen LogP contribution in [0, 0.1) is 0 Å². The Kier molecular flexibility index (Phi) is 5.19. The van der Waals surface area contributed by atoms with Crippen molar-refractivity contribution in [2.24, 2.45) is 10.9 Å². The largest absolute Gasteiger partial charge is 0.504 e. The Bertz CT molecular complexity index is 514. The number of carbonyl (C=O) groups is 1. The number of amides is 1. The topological polar surface area (TPSA) is 119 Å². The number of nitrogens with two attached hydrogens (primary N) is 1. The van der Waals surface area contributed by atoms with Gasteiger partial charge in [0, 0.05) is 19.0 Å². The van der Waals surface area contributed by atoms with Crippen LogP contribution >= 0.6 is 0 Å². The summed E-state index contributed by atoms with van der Waals surface area (Å²) >= 11 is 0. The number of oxime groups is 1. The van der Waals surface area contributed by atoms with Crippen LogP contribution in [0.5, 0.6) is 11.5 Å². The molecule has 7 nitrogen and oxygen atoms in total. The van der Waals surface area contributed by atoms with E-state index in [9.17, 15) is 15.0 Å². The molecule has 0 bridgehead atoms. The second-order valence-corrected chi connectivity index (χ2v) is 4.61. The molecule has 0 unspecified atom stereocenters. The molecule has 0 aliphatic carbocycles. The van der Waals surface area contributed by atoms with Gasteiger partial charge in [-0.05, 0) is 26.0 Å². The third-order valence-electron chi connectivity index (χ3n) is 2.87. The van der Waals surface area contributed by atoms with Crippen LogP contribution in [0.4, 0.5) is 0 Å². The Labute approximate surface area is 116 Å². The van der Waals surface area contributed by atoms with Crippen molar-refractivity contribution >= 4 is 11.7 Å². The fraction of sp³-hybridized carbons (Fsp3) is 0.385. The summed E-state index contributed by atoms with van der Waals surface area (Å²) in [7, 11) is 0. The smallest absolute Gasteiger partial charge is 0.257 e. The number of benzene rings is 1. The van der Waals surface area contributed by atoms with Crippen molar-refractivity contribution in [2.75, 3.05) is 6.54 Å². The standard InChI is InChI=1S/C13H19N3O4/c1-8(2)16(7-6-11(14)15-20)13(19)9-4-3-5-10(17)12(9)18/h3-5,8,17-18,20H,6-7H2,1-2H3,(H2,14,15). The molecule has 1 aromatic carbocycles. The fourth-order valence-corrected chi connectivity index (χ4v) is 1.74. The Morgan fingerprint density at radius 3 is 2.60 bits per heavy atom. The summed E-state index contributed by atoms with van der Waals surface area (Å²) in [5, 5.41) is 30.5.